The van der Waals surface area contributed by atoms with Crippen LogP contribution in [0.2, 0.25) is 5.02 Å². The number of hydrogen-bond donors (Lipinski definition) is 1. The second kappa shape index (κ2) is 7.77. The van der Waals surface area contributed by atoms with Crippen LogP contribution < -0.4 is 10.2 Å². The summed E-state index contributed by atoms with van der Waals surface area (Å²) in [6.07, 6.45) is -5.03. The van der Waals surface area contributed by atoms with Crippen molar-refractivity contribution in [2.75, 3.05) is 44.7 Å². The highest BCUT2D eigenvalue weighted by Crippen LogP contribution is 2.26. The summed E-state index contributed by atoms with van der Waals surface area (Å²) in [5.74, 6) is 0.507. The number of anilines is 1. The molecule has 0 unspecified atom stereocenters. The van der Waals surface area contributed by atoms with Gasteiger partial charge in [0.15, 0.2) is 5.96 Å². The van der Waals surface area contributed by atoms with E-state index < -0.39 is 12.6 Å². The summed E-state index contributed by atoms with van der Waals surface area (Å²) in [5.41, 5.74) is 0.980. The molecule has 4 nitrogen and oxygen atoms in total. The fourth-order valence-corrected chi connectivity index (χ4v) is 2.77. The van der Waals surface area contributed by atoms with E-state index in [2.05, 4.69) is 15.2 Å². The van der Waals surface area contributed by atoms with Gasteiger partial charge in [0.2, 0.25) is 0 Å². The van der Waals surface area contributed by atoms with Crippen molar-refractivity contribution < 1.29 is 13.2 Å². The molecular weight excluding hydrogens is 329 g/mol. The van der Waals surface area contributed by atoms with Gasteiger partial charge >= 0.3 is 6.18 Å². The second-order valence-corrected chi connectivity index (χ2v) is 5.67. The van der Waals surface area contributed by atoms with Crippen LogP contribution in [0.5, 0.6) is 0 Å². The molecule has 1 N–H and O–H groups in total. The standard InChI is InChI=1S/C15H20ClF3N4/c1-20-14(21-7-6-15(17,18)19)23-10-8-22(9-11-23)13-5-3-2-4-12(13)16/h2-5H,6-11H2,1H3,(H,20,21). The molecule has 0 radical (unpaired) electrons. The van der Waals surface area contributed by atoms with E-state index in [0.717, 1.165) is 18.8 Å². The third-order valence-electron chi connectivity index (χ3n) is 3.68. The lowest BCUT2D eigenvalue weighted by Crippen LogP contribution is -2.53. The van der Waals surface area contributed by atoms with Gasteiger partial charge in [-0.1, -0.05) is 23.7 Å². The molecule has 0 aliphatic carbocycles. The second-order valence-electron chi connectivity index (χ2n) is 5.26. The van der Waals surface area contributed by atoms with Gasteiger partial charge in [-0.15, -0.1) is 0 Å². The minimum Gasteiger partial charge on any atom is -0.367 e. The van der Waals surface area contributed by atoms with E-state index in [9.17, 15) is 13.2 Å². The number of aliphatic imine (C=N–C) groups is 1. The predicted octanol–water partition coefficient (Wildman–Crippen LogP) is 2.99. The van der Waals surface area contributed by atoms with Crippen LogP contribution in [0.15, 0.2) is 29.3 Å². The predicted molar refractivity (Wildman–Crippen MR) is 87.3 cm³/mol. The molecule has 1 aromatic rings. The highest BCUT2D eigenvalue weighted by Gasteiger charge is 2.27. The first-order valence-electron chi connectivity index (χ1n) is 7.42. The number of piperazine rings is 1. The zero-order chi connectivity index (χ0) is 16.9. The first-order chi connectivity index (χ1) is 10.9. The van der Waals surface area contributed by atoms with Gasteiger partial charge in [-0.05, 0) is 12.1 Å². The maximum absolute atomic E-state index is 12.2. The van der Waals surface area contributed by atoms with E-state index in [1.807, 2.05) is 29.2 Å². The smallest absolute Gasteiger partial charge is 0.367 e. The summed E-state index contributed by atoms with van der Waals surface area (Å²) in [4.78, 5) is 8.20. The average Bonchev–Trinajstić information content (AvgIpc) is 2.51. The number of hydrogen-bond acceptors (Lipinski definition) is 2. The van der Waals surface area contributed by atoms with Gasteiger partial charge in [-0.25, -0.2) is 0 Å². The third-order valence-corrected chi connectivity index (χ3v) is 4.00. The number of guanidine groups is 1. The molecule has 23 heavy (non-hydrogen) atoms. The van der Waals surface area contributed by atoms with Crippen molar-refractivity contribution in [2.45, 2.75) is 12.6 Å². The van der Waals surface area contributed by atoms with Crippen LogP contribution in [0.1, 0.15) is 6.42 Å². The fourth-order valence-electron chi connectivity index (χ4n) is 2.52. The Kier molecular flexibility index (Phi) is 5.98. The van der Waals surface area contributed by atoms with Crippen molar-refractivity contribution in [1.29, 1.82) is 0 Å². The van der Waals surface area contributed by atoms with E-state index in [1.54, 1.807) is 7.05 Å². The minimum atomic E-state index is -4.16. The lowest BCUT2D eigenvalue weighted by molar-refractivity contribution is -0.132. The Hall–Kier alpha value is -1.63. The van der Waals surface area contributed by atoms with Crippen LogP contribution in [0.25, 0.3) is 0 Å². The molecule has 2 rings (SSSR count). The van der Waals surface area contributed by atoms with Crippen LogP contribution in [0.3, 0.4) is 0 Å². The van der Waals surface area contributed by atoms with Gasteiger partial charge in [0.25, 0.3) is 0 Å². The molecule has 8 heteroatoms. The molecule has 0 atom stereocenters. The van der Waals surface area contributed by atoms with Crippen LogP contribution >= 0.6 is 11.6 Å². The summed E-state index contributed by atoms with van der Waals surface area (Å²) in [5, 5.41) is 3.48. The van der Waals surface area contributed by atoms with Crippen molar-refractivity contribution in [2.24, 2.45) is 4.99 Å². The molecule has 1 aliphatic heterocycles. The zero-order valence-corrected chi connectivity index (χ0v) is 13.7. The number of nitrogens with zero attached hydrogens (tertiary/aromatic N) is 3. The summed E-state index contributed by atoms with van der Waals surface area (Å²) in [7, 11) is 1.58. The SMILES string of the molecule is CN=C(NCCC(F)(F)F)N1CCN(c2ccccc2Cl)CC1. The maximum atomic E-state index is 12.2. The molecule has 0 aromatic heterocycles. The Labute approximate surface area is 138 Å². The Morgan fingerprint density at radius 3 is 2.43 bits per heavy atom. The van der Waals surface area contributed by atoms with Gasteiger partial charge in [-0.3, -0.25) is 4.99 Å². The van der Waals surface area contributed by atoms with Crippen LogP contribution in [-0.4, -0.2) is 56.8 Å². The summed E-state index contributed by atoms with van der Waals surface area (Å²) < 4.78 is 36.6. The van der Waals surface area contributed by atoms with Gasteiger partial charge in [0.1, 0.15) is 0 Å². The molecule has 1 heterocycles. The Morgan fingerprint density at radius 1 is 1.22 bits per heavy atom. The number of benzene rings is 1. The molecule has 0 saturated carbocycles. The van der Waals surface area contributed by atoms with Crippen molar-refractivity contribution in [3.8, 4) is 0 Å². The largest absolute Gasteiger partial charge is 0.390 e. The summed E-state index contributed by atoms with van der Waals surface area (Å²) in [6.45, 7) is 2.67. The zero-order valence-electron chi connectivity index (χ0n) is 12.9. The van der Waals surface area contributed by atoms with Crippen molar-refractivity contribution in [1.82, 2.24) is 10.2 Å². The molecule has 1 aliphatic rings. The molecule has 128 valence electrons. The topological polar surface area (TPSA) is 30.9 Å². The molecule has 0 spiro atoms. The lowest BCUT2D eigenvalue weighted by atomic mass is 10.2. The van der Waals surface area contributed by atoms with Crippen LogP contribution in [-0.2, 0) is 0 Å². The third kappa shape index (κ3) is 5.20. The monoisotopic (exact) mass is 348 g/mol. The molecule has 1 aromatic carbocycles. The van der Waals surface area contributed by atoms with Gasteiger partial charge in [0.05, 0.1) is 17.1 Å². The van der Waals surface area contributed by atoms with E-state index in [4.69, 9.17) is 11.6 Å². The molecular formula is C15H20ClF3N4. The van der Waals surface area contributed by atoms with E-state index in [1.165, 1.54) is 0 Å². The van der Waals surface area contributed by atoms with Gasteiger partial charge in [0, 0.05) is 39.8 Å². The molecule has 1 fully saturated rings. The number of alkyl halides is 3. The maximum Gasteiger partial charge on any atom is 0.390 e. The van der Waals surface area contributed by atoms with Crippen LogP contribution in [0.4, 0.5) is 18.9 Å². The summed E-state index contributed by atoms with van der Waals surface area (Å²) in [6, 6.07) is 7.63. The first kappa shape index (κ1) is 17.7. The normalized spacial score (nSPS) is 16.7. The van der Waals surface area contributed by atoms with E-state index >= 15 is 0 Å². The Bertz CT molecular complexity index is 540. The minimum absolute atomic E-state index is 0.166. The molecule has 0 amide bonds. The lowest BCUT2D eigenvalue weighted by Gasteiger charge is -2.38. The van der Waals surface area contributed by atoms with Crippen LogP contribution in [0, 0.1) is 0 Å². The van der Waals surface area contributed by atoms with E-state index in [-0.39, 0.29) is 6.54 Å². The molecule has 1 saturated heterocycles. The van der Waals surface area contributed by atoms with Crippen molar-refractivity contribution in [3.05, 3.63) is 29.3 Å². The Balaban J connectivity index is 1.86. The fraction of sp³-hybridized carbons (Fsp3) is 0.533. The van der Waals surface area contributed by atoms with Gasteiger partial charge in [-0.2, -0.15) is 13.2 Å². The number of rotatable bonds is 3. The van der Waals surface area contributed by atoms with E-state index in [0.29, 0.717) is 24.1 Å². The van der Waals surface area contributed by atoms with Crippen molar-refractivity contribution >= 4 is 23.2 Å². The number of nitrogens with one attached hydrogen (secondary N) is 1. The Morgan fingerprint density at radius 2 is 1.87 bits per heavy atom. The molecule has 0 bridgehead atoms. The summed E-state index contributed by atoms with van der Waals surface area (Å²) >= 11 is 6.20. The quantitative estimate of drug-likeness (QED) is 0.673. The number of halogens is 4. The van der Waals surface area contributed by atoms with Gasteiger partial charge < -0.3 is 15.1 Å². The average molecular weight is 349 g/mol. The highest BCUT2D eigenvalue weighted by atomic mass is 35.5. The number of para-hydroxylation sites is 1. The van der Waals surface area contributed by atoms with Crippen molar-refractivity contribution in [3.63, 3.8) is 0 Å². The first-order valence-corrected chi connectivity index (χ1v) is 7.80. The highest BCUT2D eigenvalue weighted by molar-refractivity contribution is 6.33.